The summed E-state index contributed by atoms with van der Waals surface area (Å²) in [5, 5.41) is 0. The predicted octanol–water partition coefficient (Wildman–Crippen LogP) is 4.67. The number of fused-ring (bicyclic) bond motifs is 1. The molecule has 0 radical (unpaired) electrons. The molecule has 1 aliphatic heterocycles. The fourth-order valence-electron chi connectivity index (χ4n) is 2.83. The summed E-state index contributed by atoms with van der Waals surface area (Å²) in [6.07, 6.45) is 1.63. The molecule has 3 aromatic carbocycles. The van der Waals surface area contributed by atoms with E-state index in [1.165, 1.54) is 36.4 Å². The maximum Gasteiger partial charge on any atom is 0.343 e. The lowest BCUT2D eigenvalue weighted by atomic mass is 10.1. The van der Waals surface area contributed by atoms with Gasteiger partial charge in [0.2, 0.25) is 5.78 Å². The number of hydrogen-bond donors (Lipinski definition) is 0. The number of benzene rings is 3. The van der Waals surface area contributed by atoms with Gasteiger partial charge < -0.3 is 14.2 Å². The van der Waals surface area contributed by atoms with Crippen LogP contribution in [0.2, 0.25) is 0 Å². The van der Waals surface area contributed by atoms with Gasteiger partial charge in [0, 0.05) is 6.07 Å². The van der Waals surface area contributed by atoms with Gasteiger partial charge in [0.25, 0.3) is 0 Å². The number of carbonyl (C=O) groups is 2. The highest BCUT2D eigenvalue weighted by molar-refractivity contribution is 6.14. The van der Waals surface area contributed by atoms with E-state index >= 15 is 0 Å². The van der Waals surface area contributed by atoms with Crippen LogP contribution in [-0.4, -0.2) is 18.9 Å². The Kier molecular flexibility index (Phi) is 4.83. The third kappa shape index (κ3) is 3.87. The maximum absolute atomic E-state index is 13.0. The van der Waals surface area contributed by atoms with Crippen LogP contribution in [0.15, 0.2) is 72.5 Å². The predicted molar refractivity (Wildman–Crippen MR) is 104 cm³/mol. The van der Waals surface area contributed by atoms with Crippen LogP contribution in [0.5, 0.6) is 17.2 Å². The quantitative estimate of drug-likeness (QED) is 0.368. The second-order valence-electron chi connectivity index (χ2n) is 6.27. The minimum absolute atomic E-state index is 0.173. The van der Waals surface area contributed by atoms with Gasteiger partial charge in [0.1, 0.15) is 23.1 Å². The number of ketones is 1. The molecule has 29 heavy (non-hydrogen) atoms. The average molecular weight is 390 g/mol. The Morgan fingerprint density at radius 3 is 2.34 bits per heavy atom. The zero-order valence-corrected chi connectivity index (χ0v) is 15.3. The van der Waals surface area contributed by atoms with E-state index in [1.54, 1.807) is 43.5 Å². The van der Waals surface area contributed by atoms with Crippen molar-refractivity contribution >= 4 is 17.8 Å². The third-order valence-electron chi connectivity index (χ3n) is 4.35. The molecule has 144 valence electrons. The standard InChI is InChI=1S/C23H15FO5/c1-27-17-8-2-14(3-9-17)12-21-22(25)19-11-10-18(13-20(19)29-21)28-23(26)15-4-6-16(24)7-5-15/h2-13H,1H3/b21-12+. The van der Waals surface area contributed by atoms with Crippen molar-refractivity contribution in [2.24, 2.45) is 0 Å². The fraction of sp³-hybridized carbons (Fsp3) is 0.0435. The molecule has 0 N–H and O–H groups in total. The van der Waals surface area contributed by atoms with Gasteiger partial charge in [0.15, 0.2) is 5.76 Å². The summed E-state index contributed by atoms with van der Waals surface area (Å²) in [6.45, 7) is 0. The van der Waals surface area contributed by atoms with Gasteiger partial charge in [-0.1, -0.05) is 12.1 Å². The lowest BCUT2D eigenvalue weighted by Crippen LogP contribution is -2.08. The van der Waals surface area contributed by atoms with Gasteiger partial charge in [-0.3, -0.25) is 4.79 Å². The van der Waals surface area contributed by atoms with Crippen molar-refractivity contribution in [2.45, 2.75) is 0 Å². The molecule has 6 heteroatoms. The Balaban J connectivity index is 1.52. The molecule has 1 heterocycles. The van der Waals surface area contributed by atoms with E-state index in [2.05, 4.69) is 0 Å². The minimum Gasteiger partial charge on any atom is -0.497 e. The van der Waals surface area contributed by atoms with Gasteiger partial charge in [-0.2, -0.15) is 0 Å². The summed E-state index contributed by atoms with van der Waals surface area (Å²) in [4.78, 5) is 24.7. The number of Topliss-reactive ketones (excluding diaryl/α,β-unsaturated/α-hetero) is 1. The van der Waals surface area contributed by atoms with E-state index in [-0.39, 0.29) is 22.9 Å². The summed E-state index contributed by atoms with van der Waals surface area (Å²) in [5.74, 6) is 0.0716. The first-order valence-electron chi connectivity index (χ1n) is 8.73. The van der Waals surface area contributed by atoms with Crippen molar-refractivity contribution < 1.29 is 28.2 Å². The van der Waals surface area contributed by atoms with Crippen molar-refractivity contribution in [2.75, 3.05) is 7.11 Å². The Bertz CT molecular complexity index is 1120. The molecule has 0 bridgehead atoms. The third-order valence-corrected chi connectivity index (χ3v) is 4.35. The minimum atomic E-state index is -0.636. The van der Waals surface area contributed by atoms with Crippen LogP contribution in [0.3, 0.4) is 0 Å². The van der Waals surface area contributed by atoms with Crippen LogP contribution < -0.4 is 14.2 Å². The van der Waals surface area contributed by atoms with Crippen LogP contribution in [0, 0.1) is 5.82 Å². The Morgan fingerprint density at radius 1 is 0.966 bits per heavy atom. The zero-order chi connectivity index (χ0) is 20.4. The van der Waals surface area contributed by atoms with Crippen molar-refractivity contribution in [3.63, 3.8) is 0 Å². The molecule has 0 fully saturated rings. The smallest absolute Gasteiger partial charge is 0.343 e. The highest BCUT2D eigenvalue weighted by Gasteiger charge is 2.28. The van der Waals surface area contributed by atoms with E-state index in [1.807, 2.05) is 0 Å². The number of rotatable bonds is 4. The summed E-state index contributed by atoms with van der Waals surface area (Å²) >= 11 is 0. The van der Waals surface area contributed by atoms with E-state index in [4.69, 9.17) is 14.2 Å². The van der Waals surface area contributed by atoms with E-state index in [9.17, 15) is 14.0 Å². The van der Waals surface area contributed by atoms with Gasteiger partial charge in [0.05, 0.1) is 18.2 Å². The van der Waals surface area contributed by atoms with Crippen molar-refractivity contribution in [3.05, 3.63) is 95.0 Å². The number of carbonyl (C=O) groups excluding carboxylic acids is 2. The van der Waals surface area contributed by atoms with Crippen LogP contribution in [0.25, 0.3) is 6.08 Å². The summed E-state index contributed by atoms with van der Waals surface area (Å²) in [5.41, 5.74) is 1.38. The van der Waals surface area contributed by atoms with Crippen LogP contribution in [0.4, 0.5) is 4.39 Å². The zero-order valence-electron chi connectivity index (χ0n) is 15.3. The molecular weight excluding hydrogens is 375 g/mol. The first kappa shape index (κ1) is 18.4. The summed E-state index contributed by atoms with van der Waals surface area (Å²) < 4.78 is 29.1. The molecule has 5 nitrogen and oxygen atoms in total. The summed E-state index contributed by atoms with van der Waals surface area (Å²) in [6, 6.07) is 16.7. The van der Waals surface area contributed by atoms with Crippen LogP contribution in [0.1, 0.15) is 26.3 Å². The monoisotopic (exact) mass is 390 g/mol. The topological polar surface area (TPSA) is 61.8 Å². The molecule has 0 saturated carbocycles. The maximum atomic E-state index is 13.0. The SMILES string of the molecule is COc1ccc(/C=C2/Oc3cc(OC(=O)c4ccc(F)cc4)ccc3C2=O)cc1. The first-order chi connectivity index (χ1) is 14.0. The van der Waals surface area contributed by atoms with Gasteiger partial charge in [-0.25, -0.2) is 9.18 Å². The molecule has 0 unspecified atom stereocenters. The van der Waals surface area contributed by atoms with Gasteiger partial charge in [-0.05, 0) is 60.2 Å². The second kappa shape index (κ2) is 7.59. The molecule has 0 aliphatic carbocycles. The van der Waals surface area contributed by atoms with Crippen molar-refractivity contribution in [1.82, 2.24) is 0 Å². The number of hydrogen-bond acceptors (Lipinski definition) is 5. The molecule has 0 spiro atoms. The Labute approximate surface area is 166 Å². The van der Waals surface area contributed by atoms with Crippen molar-refractivity contribution in [1.29, 1.82) is 0 Å². The summed E-state index contributed by atoms with van der Waals surface area (Å²) in [7, 11) is 1.58. The van der Waals surface area contributed by atoms with Crippen molar-refractivity contribution in [3.8, 4) is 17.2 Å². The first-order valence-corrected chi connectivity index (χ1v) is 8.73. The molecule has 3 aromatic rings. The van der Waals surface area contributed by atoms with Crippen LogP contribution in [-0.2, 0) is 0 Å². The molecule has 1 aliphatic rings. The van der Waals surface area contributed by atoms with Gasteiger partial charge in [-0.15, -0.1) is 0 Å². The van der Waals surface area contributed by atoms with Crippen LogP contribution >= 0.6 is 0 Å². The molecule has 0 aromatic heterocycles. The molecule has 0 atom stereocenters. The lowest BCUT2D eigenvalue weighted by Gasteiger charge is -2.05. The fourth-order valence-corrected chi connectivity index (χ4v) is 2.83. The van der Waals surface area contributed by atoms with Gasteiger partial charge >= 0.3 is 5.97 Å². The van der Waals surface area contributed by atoms with E-state index in [0.717, 1.165) is 5.56 Å². The Morgan fingerprint density at radius 2 is 1.66 bits per heavy atom. The Hall–Kier alpha value is -3.93. The highest BCUT2D eigenvalue weighted by atomic mass is 19.1. The molecule has 0 saturated heterocycles. The molecule has 4 rings (SSSR count). The number of methoxy groups -OCH3 is 1. The number of esters is 1. The number of halogens is 1. The molecule has 0 amide bonds. The number of ether oxygens (including phenoxy) is 3. The highest BCUT2D eigenvalue weighted by Crippen LogP contribution is 2.35. The number of allylic oxidation sites excluding steroid dienone is 1. The average Bonchev–Trinajstić information content (AvgIpc) is 3.03. The molecular formula is C23H15FO5. The van der Waals surface area contributed by atoms with E-state index < -0.39 is 11.8 Å². The second-order valence-corrected chi connectivity index (χ2v) is 6.27. The lowest BCUT2D eigenvalue weighted by molar-refractivity contribution is 0.0734. The largest absolute Gasteiger partial charge is 0.497 e. The normalized spacial score (nSPS) is 13.7. The van der Waals surface area contributed by atoms with E-state index in [0.29, 0.717) is 17.1 Å².